The topological polar surface area (TPSA) is 50.4 Å². The van der Waals surface area contributed by atoms with Gasteiger partial charge in [-0.05, 0) is 6.42 Å². The van der Waals surface area contributed by atoms with Gasteiger partial charge in [0.25, 0.3) is 0 Å². The van der Waals surface area contributed by atoms with Crippen LogP contribution >= 0.6 is 0 Å². The van der Waals surface area contributed by atoms with Crippen LogP contribution in [0.3, 0.4) is 0 Å². The molecule has 0 atom stereocenters. The molecule has 0 aromatic carbocycles. The van der Waals surface area contributed by atoms with Crippen LogP contribution < -0.4 is 5.43 Å². The Morgan fingerprint density at radius 2 is 2.25 bits per heavy atom. The fraction of sp³-hybridized carbons (Fsp3) is 0.375. The first-order valence-electron chi connectivity index (χ1n) is 3.55. The third-order valence-electron chi connectivity index (χ3n) is 1.40. The number of hydrogen-bond acceptors (Lipinski definition) is 3. The van der Waals surface area contributed by atoms with Gasteiger partial charge in [-0.15, -0.1) is 0 Å². The summed E-state index contributed by atoms with van der Waals surface area (Å²) in [5.41, 5.74) is -0.375. The summed E-state index contributed by atoms with van der Waals surface area (Å²) in [5, 5.41) is 9.12. The third kappa shape index (κ3) is 2.45. The minimum atomic E-state index is -0.375. The molecule has 0 aliphatic heterocycles. The van der Waals surface area contributed by atoms with Gasteiger partial charge in [-0.3, -0.25) is 4.79 Å². The van der Waals surface area contributed by atoms with E-state index in [9.17, 15) is 4.79 Å². The molecule has 0 aliphatic carbocycles. The Labute approximate surface area is 83.2 Å². The molecule has 0 amide bonds. The van der Waals surface area contributed by atoms with Gasteiger partial charge in [-0.25, -0.2) is 0 Å². The Morgan fingerprint density at radius 3 is 2.83 bits per heavy atom. The number of aryl methyl sites for hydroxylation is 1. The van der Waals surface area contributed by atoms with Gasteiger partial charge in [0.15, 0.2) is 0 Å². The molecule has 12 heavy (non-hydrogen) atoms. The SMILES string of the molecule is CCCc1occc(=O)c1O.[Zn+2]. The molecular weight excluding hydrogens is 209 g/mol. The minimum absolute atomic E-state index is 0. The Bertz CT molecular complexity index is 293. The van der Waals surface area contributed by atoms with E-state index in [2.05, 4.69) is 0 Å². The molecule has 1 N–H and O–H groups in total. The quantitative estimate of drug-likeness (QED) is 0.763. The van der Waals surface area contributed by atoms with Gasteiger partial charge in [-0.2, -0.15) is 0 Å². The number of hydrogen-bond donors (Lipinski definition) is 1. The van der Waals surface area contributed by atoms with Crippen LogP contribution in [0.4, 0.5) is 0 Å². The molecule has 0 saturated heterocycles. The Hall–Kier alpha value is -0.627. The fourth-order valence-electron chi connectivity index (χ4n) is 0.855. The molecule has 60 valence electrons. The molecule has 0 radical (unpaired) electrons. The summed E-state index contributed by atoms with van der Waals surface area (Å²) in [6.45, 7) is 1.95. The molecular formula is C8H10O3Zn+2. The fourth-order valence-corrected chi connectivity index (χ4v) is 0.855. The van der Waals surface area contributed by atoms with Crippen LogP contribution in [0.25, 0.3) is 0 Å². The van der Waals surface area contributed by atoms with Crippen LogP contribution in [0, 0.1) is 0 Å². The van der Waals surface area contributed by atoms with Crippen LogP contribution in [-0.4, -0.2) is 5.11 Å². The maximum atomic E-state index is 10.8. The molecule has 0 spiro atoms. The zero-order valence-electron chi connectivity index (χ0n) is 7.04. The van der Waals surface area contributed by atoms with Crippen molar-refractivity contribution >= 4 is 0 Å². The Morgan fingerprint density at radius 1 is 1.58 bits per heavy atom. The maximum absolute atomic E-state index is 10.8. The monoisotopic (exact) mass is 218 g/mol. The van der Waals surface area contributed by atoms with Crippen LogP contribution in [-0.2, 0) is 25.9 Å². The summed E-state index contributed by atoms with van der Waals surface area (Å²) in [6, 6.07) is 1.20. The minimum Gasteiger partial charge on any atom is -0.502 e. The molecule has 0 aliphatic rings. The first-order valence-corrected chi connectivity index (χ1v) is 3.55. The molecule has 3 nitrogen and oxygen atoms in total. The summed E-state index contributed by atoms with van der Waals surface area (Å²) in [7, 11) is 0. The van der Waals surface area contributed by atoms with E-state index in [1.165, 1.54) is 12.3 Å². The number of aromatic hydroxyl groups is 1. The first kappa shape index (κ1) is 11.4. The van der Waals surface area contributed by atoms with Gasteiger partial charge in [-0.1, -0.05) is 6.92 Å². The van der Waals surface area contributed by atoms with E-state index in [1.54, 1.807) is 0 Å². The molecule has 1 heterocycles. The van der Waals surface area contributed by atoms with Crippen molar-refractivity contribution in [3.8, 4) is 5.75 Å². The molecule has 0 bridgehead atoms. The van der Waals surface area contributed by atoms with Crippen molar-refractivity contribution in [2.24, 2.45) is 0 Å². The largest absolute Gasteiger partial charge is 2.00 e. The number of rotatable bonds is 2. The average Bonchev–Trinajstić information content (AvgIpc) is 1.99. The van der Waals surface area contributed by atoms with Gasteiger partial charge < -0.3 is 9.52 Å². The molecule has 0 fully saturated rings. The van der Waals surface area contributed by atoms with Gasteiger partial charge in [0.1, 0.15) is 5.76 Å². The van der Waals surface area contributed by atoms with Crippen molar-refractivity contribution < 1.29 is 29.0 Å². The van der Waals surface area contributed by atoms with Gasteiger partial charge in [0, 0.05) is 12.5 Å². The van der Waals surface area contributed by atoms with Gasteiger partial charge >= 0.3 is 19.5 Å². The van der Waals surface area contributed by atoms with E-state index < -0.39 is 0 Å². The van der Waals surface area contributed by atoms with E-state index in [-0.39, 0.29) is 30.7 Å². The van der Waals surface area contributed by atoms with Crippen molar-refractivity contribution in [2.45, 2.75) is 19.8 Å². The second-order valence-electron chi connectivity index (χ2n) is 2.31. The summed E-state index contributed by atoms with van der Waals surface area (Å²) in [6.07, 6.45) is 2.75. The zero-order chi connectivity index (χ0) is 8.27. The second kappa shape index (κ2) is 5.10. The maximum Gasteiger partial charge on any atom is 2.00 e. The Balaban J connectivity index is 0.00000121. The third-order valence-corrected chi connectivity index (χ3v) is 1.40. The van der Waals surface area contributed by atoms with E-state index in [4.69, 9.17) is 9.52 Å². The molecule has 1 rings (SSSR count). The van der Waals surface area contributed by atoms with E-state index in [0.29, 0.717) is 12.2 Å². The van der Waals surface area contributed by atoms with E-state index >= 15 is 0 Å². The summed E-state index contributed by atoms with van der Waals surface area (Å²) < 4.78 is 4.93. The van der Waals surface area contributed by atoms with E-state index in [0.717, 1.165) is 6.42 Å². The predicted octanol–water partition coefficient (Wildman–Crippen LogP) is 1.30. The summed E-state index contributed by atoms with van der Waals surface area (Å²) in [4.78, 5) is 10.8. The molecule has 1 aromatic heterocycles. The molecule has 0 saturated carbocycles. The van der Waals surface area contributed by atoms with Gasteiger partial charge in [0.05, 0.1) is 6.26 Å². The first-order chi connectivity index (χ1) is 5.25. The van der Waals surface area contributed by atoms with Crippen molar-refractivity contribution in [1.82, 2.24) is 0 Å². The van der Waals surface area contributed by atoms with Crippen molar-refractivity contribution in [3.05, 3.63) is 28.3 Å². The smallest absolute Gasteiger partial charge is 0.502 e. The predicted molar refractivity (Wildman–Crippen MR) is 40.6 cm³/mol. The van der Waals surface area contributed by atoms with Crippen molar-refractivity contribution in [2.75, 3.05) is 0 Å². The van der Waals surface area contributed by atoms with Crippen LogP contribution in [0.2, 0.25) is 0 Å². The standard InChI is InChI=1S/C8H10O3.Zn/c1-2-3-7-8(10)6(9)4-5-11-7;/h4-5,10H,2-3H2,1H3;/q;+2. The van der Waals surface area contributed by atoms with E-state index in [1.807, 2.05) is 6.92 Å². The zero-order valence-corrected chi connectivity index (χ0v) is 10.0. The summed E-state index contributed by atoms with van der Waals surface area (Å²) in [5.74, 6) is 0.120. The van der Waals surface area contributed by atoms with Crippen molar-refractivity contribution in [3.63, 3.8) is 0 Å². The average molecular weight is 220 g/mol. The molecule has 4 heteroatoms. The van der Waals surface area contributed by atoms with Crippen molar-refractivity contribution in [1.29, 1.82) is 0 Å². The normalized spacial score (nSPS) is 9.08. The molecule has 1 aromatic rings. The molecule has 0 unspecified atom stereocenters. The van der Waals surface area contributed by atoms with Gasteiger partial charge in [0.2, 0.25) is 11.2 Å². The Kier molecular flexibility index (Phi) is 4.83. The summed E-state index contributed by atoms with van der Waals surface area (Å²) >= 11 is 0. The van der Waals surface area contributed by atoms with Crippen LogP contribution in [0.1, 0.15) is 19.1 Å². The van der Waals surface area contributed by atoms with Crippen LogP contribution in [0.15, 0.2) is 21.5 Å². The van der Waals surface area contributed by atoms with Crippen LogP contribution in [0.5, 0.6) is 5.75 Å². The second-order valence-corrected chi connectivity index (χ2v) is 2.31.